The topological polar surface area (TPSA) is 64.6 Å². The van der Waals surface area contributed by atoms with Crippen LogP contribution in [0.25, 0.3) is 0 Å². The number of nitrogens with one attached hydrogen (secondary N) is 1. The molecule has 0 aliphatic rings. The molecule has 2 rings (SSSR count). The number of aryl methyl sites for hydroxylation is 3. The number of benzene rings is 2. The zero-order valence-corrected chi connectivity index (χ0v) is 14.7. The summed E-state index contributed by atoms with van der Waals surface area (Å²) in [5.41, 5.74) is 2.52. The molecular formula is C19H19F2NO4. The maximum atomic E-state index is 13.4. The Labute approximate surface area is 149 Å². The number of amides is 1. The van der Waals surface area contributed by atoms with Crippen LogP contribution in [-0.2, 0) is 14.3 Å². The molecule has 5 nitrogen and oxygen atoms in total. The van der Waals surface area contributed by atoms with Crippen molar-refractivity contribution >= 4 is 17.6 Å². The van der Waals surface area contributed by atoms with Gasteiger partial charge in [0.2, 0.25) is 0 Å². The first-order valence-corrected chi connectivity index (χ1v) is 7.87. The van der Waals surface area contributed by atoms with Gasteiger partial charge in [-0.25, -0.2) is 13.6 Å². The molecule has 0 spiro atoms. The fraction of sp³-hybridized carbons (Fsp3) is 0.263. The van der Waals surface area contributed by atoms with Crippen molar-refractivity contribution in [1.29, 1.82) is 0 Å². The van der Waals surface area contributed by atoms with Crippen molar-refractivity contribution < 1.29 is 27.8 Å². The minimum atomic E-state index is -0.792. The number of carbonyl (C=O) groups excluding carboxylic acids is 2. The molecule has 7 heteroatoms. The van der Waals surface area contributed by atoms with Gasteiger partial charge in [-0.15, -0.1) is 0 Å². The van der Waals surface area contributed by atoms with E-state index in [4.69, 9.17) is 9.47 Å². The second kappa shape index (κ2) is 8.42. The van der Waals surface area contributed by atoms with Crippen LogP contribution in [-0.4, -0.2) is 25.1 Å². The molecule has 0 saturated heterocycles. The van der Waals surface area contributed by atoms with Crippen LogP contribution in [0.15, 0.2) is 30.3 Å². The number of carbonyl (C=O) groups is 2. The smallest absolute Gasteiger partial charge is 0.344 e. The van der Waals surface area contributed by atoms with Crippen molar-refractivity contribution in [2.24, 2.45) is 0 Å². The zero-order chi connectivity index (χ0) is 19.3. The Balaban J connectivity index is 1.83. The summed E-state index contributed by atoms with van der Waals surface area (Å²) in [6.07, 6.45) is 0. The van der Waals surface area contributed by atoms with E-state index in [9.17, 15) is 18.4 Å². The van der Waals surface area contributed by atoms with E-state index in [1.54, 1.807) is 0 Å². The molecule has 1 amide bonds. The number of anilines is 1. The summed E-state index contributed by atoms with van der Waals surface area (Å²) in [5.74, 6) is -2.45. The van der Waals surface area contributed by atoms with Crippen molar-refractivity contribution in [3.05, 3.63) is 58.7 Å². The Bertz CT molecular complexity index is 813. The molecule has 2 aromatic carbocycles. The molecule has 0 saturated carbocycles. The van der Waals surface area contributed by atoms with Crippen LogP contribution in [0.1, 0.15) is 16.7 Å². The van der Waals surface area contributed by atoms with Crippen LogP contribution in [0.3, 0.4) is 0 Å². The summed E-state index contributed by atoms with van der Waals surface area (Å²) < 4.78 is 36.7. The number of ether oxygens (including phenoxy) is 2. The van der Waals surface area contributed by atoms with Gasteiger partial charge in [-0.2, -0.15) is 0 Å². The summed E-state index contributed by atoms with van der Waals surface area (Å²) in [6, 6.07) is 6.50. The number of hydrogen-bond donors (Lipinski definition) is 1. The summed E-state index contributed by atoms with van der Waals surface area (Å²) in [4.78, 5) is 23.4. The number of rotatable bonds is 6. The van der Waals surface area contributed by atoms with Crippen molar-refractivity contribution in [3.63, 3.8) is 0 Å². The summed E-state index contributed by atoms with van der Waals surface area (Å²) in [5, 5.41) is 2.13. The van der Waals surface area contributed by atoms with Gasteiger partial charge in [0.25, 0.3) is 5.91 Å². The Kier molecular flexibility index (Phi) is 6.27. The fourth-order valence-corrected chi connectivity index (χ4v) is 2.49. The van der Waals surface area contributed by atoms with E-state index in [-0.39, 0.29) is 12.3 Å². The monoisotopic (exact) mass is 363 g/mol. The first-order chi connectivity index (χ1) is 12.3. The SMILES string of the molecule is Cc1cc(C)c(OCC(=O)OCC(=O)Nc2cc(F)ccc2F)c(C)c1. The van der Waals surface area contributed by atoms with Crippen LogP contribution < -0.4 is 10.1 Å². The average Bonchev–Trinajstić information content (AvgIpc) is 2.55. The Morgan fingerprint density at radius 2 is 1.65 bits per heavy atom. The maximum Gasteiger partial charge on any atom is 0.344 e. The maximum absolute atomic E-state index is 13.4. The van der Waals surface area contributed by atoms with Crippen molar-refractivity contribution in [3.8, 4) is 5.75 Å². The van der Waals surface area contributed by atoms with Crippen LogP contribution >= 0.6 is 0 Å². The normalized spacial score (nSPS) is 10.3. The predicted octanol–water partition coefficient (Wildman–Crippen LogP) is 3.45. The largest absolute Gasteiger partial charge is 0.481 e. The second-order valence-electron chi connectivity index (χ2n) is 5.85. The van der Waals surface area contributed by atoms with Gasteiger partial charge in [-0.3, -0.25) is 4.79 Å². The minimum Gasteiger partial charge on any atom is -0.481 e. The molecule has 26 heavy (non-hydrogen) atoms. The lowest BCUT2D eigenvalue weighted by atomic mass is 10.1. The highest BCUT2D eigenvalue weighted by molar-refractivity contribution is 5.92. The molecular weight excluding hydrogens is 344 g/mol. The van der Waals surface area contributed by atoms with Crippen LogP contribution in [0.2, 0.25) is 0 Å². The standard InChI is InChI=1S/C19H19F2NO4/c1-11-6-12(2)19(13(3)7-11)26-10-18(24)25-9-17(23)22-16-8-14(20)4-5-15(16)21/h4-8H,9-10H2,1-3H3,(H,22,23). The van der Waals surface area contributed by atoms with Crippen LogP contribution in [0, 0.1) is 32.4 Å². The van der Waals surface area contributed by atoms with Gasteiger partial charge < -0.3 is 14.8 Å². The fourth-order valence-electron chi connectivity index (χ4n) is 2.49. The van der Waals surface area contributed by atoms with E-state index in [2.05, 4.69) is 5.32 Å². The number of esters is 1. The Morgan fingerprint density at radius 3 is 2.31 bits per heavy atom. The van der Waals surface area contributed by atoms with Gasteiger partial charge in [-0.05, 0) is 44.0 Å². The van der Waals surface area contributed by atoms with Crippen molar-refractivity contribution in [1.82, 2.24) is 0 Å². The molecule has 0 aromatic heterocycles. The molecule has 138 valence electrons. The quantitative estimate of drug-likeness (QED) is 0.799. The Hall–Kier alpha value is -2.96. The van der Waals surface area contributed by atoms with Gasteiger partial charge in [0.1, 0.15) is 17.4 Å². The van der Waals surface area contributed by atoms with E-state index in [1.165, 1.54) is 0 Å². The summed E-state index contributed by atoms with van der Waals surface area (Å²) in [7, 11) is 0. The highest BCUT2D eigenvalue weighted by Gasteiger charge is 2.13. The number of halogens is 2. The lowest BCUT2D eigenvalue weighted by Crippen LogP contribution is -2.24. The average molecular weight is 363 g/mol. The Morgan fingerprint density at radius 1 is 1.00 bits per heavy atom. The molecule has 0 bridgehead atoms. The molecule has 0 heterocycles. The summed E-state index contributed by atoms with van der Waals surface area (Å²) >= 11 is 0. The number of hydrogen-bond acceptors (Lipinski definition) is 4. The van der Waals surface area contributed by atoms with E-state index in [1.807, 2.05) is 32.9 Å². The predicted molar refractivity (Wildman–Crippen MR) is 92.1 cm³/mol. The summed E-state index contributed by atoms with van der Waals surface area (Å²) in [6.45, 7) is 4.68. The highest BCUT2D eigenvalue weighted by atomic mass is 19.1. The van der Waals surface area contributed by atoms with Crippen LogP contribution in [0.5, 0.6) is 5.75 Å². The zero-order valence-electron chi connectivity index (χ0n) is 14.7. The minimum absolute atomic E-state index is 0.326. The third-order valence-electron chi connectivity index (χ3n) is 3.51. The molecule has 0 radical (unpaired) electrons. The van der Waals surface area contributed by atoms with Gasteiger partial charge in [0.15, 0.2) is 13.2 Å². The molecule has 0 atom stereocenters. The van der Waals surface area contributed by atoms with E-state index >= 15 is 0 Å². The molecule has 1 N–H and O–H groups in total. The van der Waals surface area contributed by atoms with Crippen molar-refractivity contribution in [2.75, 3.05) is 18.5 Å². The first kappa shape index (κ1) is 19.4. The molecule has 0 aliphatic carbocycles. The van der Waals surface area contributed by atoms with Gasteiger partial charge >= 0.3 is 5.97 Å². The molecule has 0 fully saturated rings. The molecule has 0 aliphatic heterocycles. The van der Waals surface area contributed by atoms with Crippen LogP contribution in [0.4, 0.5) is 14.5 Å². The second-order valence-corrected chi connectivity index (χ2v) is 5.85. The third-order valence-corrected chi connectivity index (χ3v) is 3.51. The lowest BCUT2D eigenvalue weighted by Gasteiger charge is -2.13. The van der Waals surface area contributed by atoms with E-state index < -0.39 is 30.1 Å². The molecule has 0 unspecified atom stereocenters. The van der Waals surface area contributed by atoms with Gasteiger partial charge in [0, 0.05) is 6.07 Å². The van der Waals surface area contributed by atoms with Crippen molar-refractivity contribution in [2.45, 2.75) is 20.8 Å². The first-order valence-electron chi connectivity index (χ1n) is 7.87. The van der Waals surface area contributed by atoms with E-state index in [0.29, 0.717) is 5.75 Å². The molecule has 2 aromatic rings. The van der Waals surface area contributed by atoms with E-state index in [0.717, 1.165) is 34.9 Å². The van der Waals surface area contributed by atoms with Gasteiger partial charge in [0.05, 0.1) is 5.69 Å². The lowest BCUT2D eigenvalue weighted by molar-refractivity contribution is -0.149. The van der Waals surface area contributed by atoms with Gasteiger partial charge in [-0.1, -0.05) is 17.7 Å². The third kappa shape index (κ3) is 5.27. The highest BCUT2D eigenvalue weighted by Crippen LogP contribution is 2.24.